The molecule has 4 nitrogen and oxygen atoms in total. The Morgan fingerprint density at radius 1 is 1.53 bits per heavy atom. The zero-order valence-corrected chi connectivity index (χ0v) is 11.2. The topological polar surface area (TPSA) is 57.9 Å². The van der Waals surface area contributed by atoms with E-state index in [9.17, 15) is 4.79 Å². The molecule has 0 spiro atoms. The lowest BCUT2D eigenvalue weighted by Crippen LogP contribution is -2.23. The summed E-state index contributed by atoms with van der Waals surface area (Å²) in [5.74, 6) is -0.139. The van der Waals surface area contributed by atoms with Gasteiger partial charge in [-0.3, -0.25) is 10.2 Å². The van der Waals surface area contributed by atoms with Crippen LogP contribution in [-0.2, 0) is 11.3 Å². The molecule has 0 aliphatic heterocycles. The number of nitrogens with one attached hydrogen (secondary N) is 2. The first kappa shape index (κ1) is 12.1. The normalized spacial score (nSPS) is 10.2. The number of nitrogens with zero attached hydrogens (tertiary/aromatic N) is 1. The van der Waals surface area contributed by atoms with Crippen LogP contribution < -0.4 is 10.1 Å². The fourth-order valence-electron chi connectivity index (χ4n) is 1.35. The molecule has 1 aromatic carbocycles. The average Bonchev–Trinajstić information content (AvgIpc) is 2.64. The summed E-state index contributed by atoms with van der Waals surface area (Å²) in [5, 5.41) is 12.1. The van der Waals surface area contributed by atoms with Crippen LogP contribution in [0.3, 0.4) is 0 Å². The maximum absolute atomic E-state index is 11.7. The first-order valence-electron chi connectivity index (χ1n) is 4.89. The summed E-state index contributed by atoms with van der Waals surface area (Å²) >= 11 is 4.64. The summed E-state index contributed by atoms with van der Waals surface area (Å²) in [6, 6.07) is 7.40. The van der Waals surface area contributed by atoms with Crippen molar-refractivity contribution in [2.75, 3.05) is 5.32 Å². The van der Waals surface area contributed by atoms with Crippen LogP contribution in [0.25, 0.3) is 0 Å². The molecule has 0 saturated carbocycles. The minimum absolute atomic E-state index is 0.139. The molecular weight excluding hydrogens is 302 g/mol. The zero-order valence-electron chi connectivity index (χ0n) is 8.81. The Balaban J connectivity index is 2.03. The summed E-state index contributed by atoms with van der Waals surface area (Å²) in [6.07, 6.45) is 1.73. The third-order valence-corrected chi connectivity index (χ3v) is 3.31. The molecule has 0 saturated heterocycles. The molecule has 0 fully saturated rings. The molecule has 2 rings (SSSR count). The standard InChI is InChI=1S/C11H10BrN3OS/c12-8-2-1-3-9(6-8)14-10(16)7-15-4-5-17-11(15)13/h1-6,13H,7H2,(H,14,16). The highest BCUT2D eigenvalue weighted by Gasteiger charge is 2.04. The lowest BCUT2D eigenvalue weighted by atomic mass is 10.3. The van der Waals surface area contributed by atoms with Gasteiger partial charge >= 0.3 is 0 Å². The number of aromatic nitrogens is 1. The average molecular weight is 312 g/mol. The van der Waals surface area contributed by atoms with Crippen LogP contribution in [-0.4, -0.2) is 10.5 Å². The van der Waals surface area contributed by atoms with E-state index in [1.54, 1.807) is 16.1 Å². The number of amides is 1. The second-order valence-corrected chi connectivity index (χ2v) is 5.20. The van der Waals surface area contributed by atoms with Crippen molar-refractivity contribution in [2.24, 2.45) is 0 Å². The number of anilines is 1. The Hall–Kier alpha value is -1.40. The van der Waals surface area contributed by atoms with Crippen LogP contribution in [0.4, 0.5) is 5.69 Å². The molecule has 2 N–H and O–H groups in total. The maximum Gasteiger partial charge on any atom is 0.244 e. The van der Waals surface area contributed by atoms with E-state index in [2.05, 4.69) is 21.2 Å². The summed E-state index contributed by atoms with van der Waals surface area (Å²) in [7, 11) is 0. The molecule has 0 radical (unpaired) electrons. The number of benzene rings is 1. The van der Waals surface area contributed by atoms with Gasteiger partial charge < -0.3 is 9.88 Å². The number of thiazole rings is 1. The van der Waals surface area contributed by atoms with Crippen LogP contribution in [0.1, 0.15) is 0 Å². The largest absolute Gasteiger partial charge is 0.324 e. The fraction of sp³-hybridized carbons (Fsp3) is 0.0909. The molecule has 1 aromatic heterocycles. The smallest absolute Gasteiger partial charge is 0.244 e. The van der Waals surface area contributed by atoms with E-state index in [1.165, 1.54) is 11.3 Å². The minimum Gasteiger partial charge on any atom is -0.324 e. The van der Waals surface area contributed by atoms with Crippen molar-refractivity contribution in [1.82, 2.24) is 4.57 Å². The molecular formula is C11H10BrN3OS. The predicted octanol–water partition coefficient (Wildman–Crippen LogP) is 2.43. The summed E-state index contributed by atoms with van der Waals surface area (Å²) < 4.78 is 2.51. The third-order valence-electron chi connectivity index (χ3n) is 2.10. The van der Waals surface area contributed by atoms with Crippen molar-refractivity contribution >= 4 is 38.9 Å². The number of carbonyl (C=O) groups is 1. The molecule has 17 heavy (non-hydrogen) atoms. The number of halogens is 1. The van der Waals surface area contributed by atoms with E-state index in [4.69, 9.17) is 5.41 Å². The summed E-state index contributed by atoms with van der Waals surface area (Å²) in [5.41, 5.74) is 0.742. The van der Waals surface area contributed by atoms with Crippen LogP contribution in [0, 0.1) is 5.41 Å². The summed E-state index contributed by atoms with van der Waals surface area (Å²) in [4.78, 5) is 12.1. The Bertz CT molecular complexity index is 590. The van der Waals surface area contributed by atoms with Crippen molar-refractivity contribution in [2.45, 2.75) is 6.54 Å². The van der Waals surface area contributed by atoms with Gasteiger partial charge in [-0.1, -0.05) is 22.0 Å². The quantitative estimate of drug-likeness (QED) is 0.898. The van der Waals surface area contributed by atoms with Gasteiger partial charge in [-0.15, -0.1) is 11.3 Å². The van der Waals surface area contributed by atoms with Gasteiger partial charge in [0.05, 0.1) is 0 Å². The van der Waals surface area contributed by atoms with E-state index >= 15 is 0 Å². The second kappa shape index (κ2) is 5.29. The van der Waals surface area contributed by atoms with Gasteiger partial charge in [0.15, 0.2) is 4.80 Å². The van der Waals surface area contributed by atoms with E-state index in [0.717, 1.165) is 10.2 Å². The predicted molar refractivity (Wildman–Crippen MR) is 70.9 cm³/mol. The van der Waals surface area contributed by atoms with E-state index in [-0.39, 0.29) is 12.5 Å². The molecule has 6 heteroatoms. The first-order valence-corrected chi connectivity index (χ1v) is 6.56. The molecule has 1 amide bonds. The highest BCUT2D eigenvalue weighted by molar-refractivity contribution is 9.10. The number of carbonyl (C=O) groups excluding carboxylic acids is 1. The van der Waals surface area contributed by atoms with Crippen LogP contribution >= 0.6 is 27.3 Å². The summed E-state index contributed by atoms with van der Waals surface area (Å²) in [6.45, 7) is 0.162. The highest BCUT2D eigenvalue weighted by Crippen LogP contribution is 2.15. The van der Waals surface area contributed by atoms with Crippen molar-refractivity contribution in [3.05, 3.63) is 45.1 Å². The number of rotatable bonds is 3. The lowest BCUT2D eigenvalue weighted by molar-refractivity contribution is -0.116. The Morgan fingerprint density at radius 2 is 2.35 bits per heavy atom. The second-order valence-electron chi connectivity index (χ2n) is 3.39. The van der Waals surface area contributed by atoms with Crippen LogP contribution in [0.5, 0.6) is 0 Å². The van der Waals surface area contributed by atoms with Crippen molar-refractivity contribution in [1.29, 1.82) is 5.41 Å². The van der Waals surface area contributed by atoms with Gasteiger partial charge in [-0.2, -0.15) is 0 Å². The first-order chi connectivity index (χ1) is 8.15. The zero-order chi connectivity index (χ0) is 12.3. The van der Waals surface area contributed by atoms with Gasteiger partial charge in [0.2, 0.25) is 5.91 Å². The molecule has 0 unspecified atom stereocenters. The van der Waals surface area contributed by atoms with Gasteiger partial charge in [0.1, 0.15) is 6.54 Å². The fourth-order valence-corrected chi connectivity index (χ4v) is 2.35. The van der Waals surface area contributed by atoms with Gasteiger partial charge in [0, 0.05) is 21.7 Å². The highest BCUT2D eigenvalue weighted by atomic mass is 79.9. The lowest BCUT2D eigenvalue weighted by Gasteiger charge is -2.06. The van der Waals surface area contributed by atoms with Crippen molar-refractivity contribution in [3.8, 4) is 0 Å². The third kappa shape index (κ3) is 3.28. The minimum atomic E-state index is -0.139. The van der Waals surface area contributed by atoms with Gasteiger partial charge in [-0.25, -0.2) is 0 Å². The van der Waals surface area contributed by atoms with E-state index in [1.807, 2.05) is 24.3 Å². The Labute approximate surface area is 111 Å². The molecule has 0 atom stereocenters. The molecule has 88 valence electrons. The molecule has 2 aromatic rings. The van der Waals surface area contributed by atoms with Crippen LogP contribution in [0.2, 0.25) is 0 Å². The Morgan fingerprint density at radius 3 is 3.00 bits per heavy atom. The number of hydrogen-bond donors (Lipinski definition) is 2. The maximum atomic E-state index is 11.7. The van der Waals surface area contributed by atoms with Crippen molar-refractivity contribution < 1.29 is 4.79 Å². The van der Waals surface area contributed by atoms with Crippen LogP contribution in [0.15, 0.2) is 40.3 Å². The van der Waals surface area contributed by atoms with Crippen molar-refractivity contribution in [3.63, 3.8) is 0 Å². The molecule has 0 aliphatic carbocycles. The molecule has 0 bridgehead atoms. The molecule has 1 heterocycles. The van der Waals surface area contributed by atoms with E-state index in [0.29, 0.717) is 4.80 Å². The molecule has 0 aliphatic rings. The van der Waals surface area contributed by atoms with Gasteiger partial charge in [0.25, 0.3) is 0 Å². The van der Waals surface area contributed by atoms with E-state index < -0.39 is 0 Å². The number of hydrogen-bond acceptors (Lipinski definition) is 3. The SMILES string of the molecule is N=c1sccn1CC(=O)Nc1cccc(Br)c1. The monoisotopic (exact) mass is 311 g/mol. The van der Waals surface area contributed by atoms with Gasteiger partial charge in [-0.05, 0) is 18.2 Å². The Kier molecular flexibility index (Phi) is 3.75.